The third-order valence-electron chi connectivity index (χ3n) is 7.17. The van der Waals surface area contributed by atoms with Crippen LogP contribution in [-0.4, -0.2) is 30.1 Å². The van der Waals surface area contributed by atoms with Gasteiger partial charge in [0.1, 0.15) is 5.82 Å². The van der Waals surface area contributed by atoms with Gasteiger partial charge in [-0.3, -0.25) is 4.90 Å². The van der Waals surface area contributed by atoms with E-state index in [0.29, 0.717) is 17.5 Å². The fourth-order valence-corrected chi connectivity index (χ4v) is 5.98. The minimum Gasteiger partial charge on any atom is -0.309 e. The van der Waals surface area contributed by atoms with Gasteiger partial charge < -0.3 is 5.32 Å². The van der Waals surface area contributed by atoms with Gasteiger partial charge in [0.25, 0.3) is 0 Å². The Bertz CT molecular complexity index is 839. The topological polar surface area (TPSA) is 15.3 Å². The molecule has 2 atom stereocenters. The first kappa shape index (κ1) is 18.6. The van der Waals surface area contributed by atoms with Gasteiger partial charge in [0.05, 0.1) is 0 Å². The van der Waals surface area contributed by atoms with Gasteiger partial charge in [-0.25, -0.2) is 4.39 Å². The summed E-state index contributed by atoms with van der Waals surface area (Å²) in [4.78, 5) is 2.69. The van der Waals surface area contributed by atoms with Crippen LogP contribution in [0.3, 0.4) is 0 Å². The van der Waals surface area contributed by atoms with Crippen LogP contribution >= 0.6 is 11.6 Å². The Labute approximate surface area is 172 Å². The molecule has 148 valence electrons. The Kier molecular flexibility index (Phi) is 4.94. The molecule has 3 aliphatic rings. The van der Waals surface area contributed by atoms with Crippen LogP contribution in [0.25, 0.3) is 0 Å². The number of nitrogens with zero attached hydrogens (tertiary/aromatic N) is 1. The van der Waals surface area contributed by atoms with Gasteiger partial charge in [0.2, 0.25) is 0 Å². The molecule has 0 amide bonds. The Morgan fingerprint density at radius 3 is 2.57 bits per heavy atom. The van der Waals surface area contributed by atoms with Gasteiger partial charge in [-0.15, -0.1) is 0 Å². The first-order valence-corrected chi connectivity index (χ1v) is 11.1. The molecule has 2 aliphatic carbocycles. The summed E-state index contributed by atoms with van der Waals surface area (Å²) in [5.74, 6) is 0.144. The van der Waals surface area contributed by atoms with Crippen LogP contribution in [-0.2, 0) is 0 Å². The Hall–Kier alpha value is -1.42. The number of hydrogen-bond donors (Lipinski definition) is 1. The number of fused-ring (bicyclic) bond motifs is 1. The lowest BCUT2D eigenvalue weighted by molar-refractivity contribution is 0.0668. The predicted octanol–water partition coefficient (Wildman–Crippen LogP) is 5.66. The second-order valence-corrected chi connectivity index (χ2v) is 9.30. The maximum atomic E-state index is 13.5. The molecule has 5 rings (SSSR count). The number of piperazine rings is 1. The van der Waals surface area contributed by atoms with Crippen molar-refractivity contribution in [3.8, 4) is 0 Å². The lowest BCUT2D eigenvalue weighted by atomic mass is 9.79. The quantitative estimate of drug-likeness (QED) is 0.701. The van der Waals surface area contributed by atoms with E-state index in [9.17, 15) is 4.39 Å². The fourth-order valence-electron chi connectivity index (χ4n) is 5.80. The van der Waals surface area contributed by atoms with Crippen LogP contribution in [0.1, 0.15) is 67.2 Å². The Balaban J connectivity index is 1.46. The van der Waals surface area contributed by atoms with Crippen molar-refractivity contribution in [2.45, 2.75) is 56.0 Å². The first-order valence-electron chi connectivity index (χ1n) is 10.7. The molecule has 0 unspecified atom stereocenters. The molecule has 1 saturated heterocycles. The van der Waals surface area contributed by atoms with Crippen molar-refractivity contribution in [3.63, 3.8) is 0 Å². The van der Waals surface area contributed by atoms with Crippen LogP contribution in [0.5, 0.6) is 0 Å². The summed E-state index contributed by atoms with van der Waals surface area (Å²) < 4.78 is 13.5. The van der Waals surface area contributed by atoms with E-state index in [4.69, 9.17) is 11.6 Å². The normalized spacial score (nSPS) is 27.1. The highest BCUT2D eigenvalue weighted by Gasteiger charge is 2.42. The van der Waals surface area contributed by atoms with Gasteiger partial charge in [-0.1, -0.05) is 49.1 Å². The molecular formula is C24H28ClFN2. The summed E-state index contributed by atoms with van der Waals surface area (Å²) in [6.07, 6.45) is 7.69. The summed E-state index contributed by atoms with van der Waals surface area (Å²) in [6.45, 7) is 3.27. The zero-order chi connectivity index (χ0) is 19.1. The number of halogens is 2. The molecule has 2 aromatic rings. The molecule has 1 saturated carbocycles. The highest BCUT2D eigenvalue weighted by atomic mass is 35.5. The zero-order valence-corrected chi connectivity index (χ0v) is 17.0. The van der Waals surface area contributed by atoms with Crippen molar-refractivity contribution in [3.05, 3.63) is 70.0 Å². The van der Waals surface area contributed by atoms with E-state index in [1.54, 1.807) is 12.1 Å². The average molecular weight is 399 g/mol. The fraction of sp³-hybridized carbons (Fsp3) is 0.500. The molecule has 4 heteroatoms. The summed E-state index contributed by atoms with van der Waals surface area (Å²) in [7, 11) is 0. The molecule has 2 fully saturated rings. The molecular weight excluding hydrogens is 371 g/mol. The molecule has 1 aliphatic heterocycles. The lowest BCUT2D eigenvalue weighted by Gasteiger charge is -2.48. The molecule has 1 N–H and O–H groups in total. The first-order chi connectivity index (χ1) is 13.6. The van der Waals surface area contributed by atoms with E-state index in [1.807, 2.05) is 18.2 Å². The summed E-state index contributed by atoms with van der Waals surface area (Å²) in [5.41, 5.74) is 4.23. The third-order valence-corrected chi connectivity index (χ3v) is 7.41. The lowest BCUT2D eigenvalue weighted by Crippen LogP contribution is -2.61. The van der Waals surface area contributed by atoms with Crippen LogP contribution in [0, 0.1) is 5.82 Å². The monoisotopic (exact) mass is 398 g/mol. The van der Waals surface area contributed by atoms with Crippen LogP contribution in [0.2, 0.25) is 5.02 Å². The highest BCUT2D eigenvalue weighted by Crippen LogP contribution is 2.48. The van der Waals surface area contributed by atoms with E-state index in [1.165, 1.54) is 48.8 Å². The predicted molar refractivity (Wildman–Crippen MR) is 112 cm³/mol. The maximum Gasteiger partial charge on any atom is 0.123 e. The summed E-state index contributed by atoms with van der Waals surface area (Å²) in [6, 6.07) is 13.8. The zero-order valence-electron chi connectivity index (χ0n) is 16.3. The van der Waals surface area contributed by atoms with E-state index in [0.717, 1.165) is 31.1 Å². The van der Waals surface area contributed by atoms with Crippen molar-refractivity contribution in [2.24, 2.45) is 0 Å². The third kappa shape index (κ3) is 3.38. The van der Waals surface area contributed by atoms with Crippen molar-refractivity contribution in [1.82, 2.24) is 10.2 Å². The van der Waals surface area contributed by atoms with Gasteiger partial charge in [-0.05, 0) is 60.2 Å². The van der Waals surface area contributed by atoms with Crippen LogP contribution < -0.4 is 5.32 Å². The average Bonchev–Trinajstić information content (AvgIpc) is 3.08. The molecule has 0 aromatic heterocycles. The number of benzene rings is 2. The molecule has 28 heavy (non-hydrogen) atoms. The van der Waals surface area contributed by atoms with Crippen molar-refractivity contribution >= 4 is 11.6 Å². The van der Waals surface area contributed by atoms with Gasteiger partial charge in [0, 0.05) is 42.2 Å². The van der Waals surface area contributed by atoms with Crippen LogP contribution in [0.15, 0.2) is 42.5 Å². The molecule has 1 spiro atoms. The van der Waals surface area contributed by atoms with Crippen molar-refractivity contribution in [2.75, 3.05) is 19.6 Å². The molecule has 2 aromatic carbocycles. The van der Waals surface area contributed by atoms with E-state index in [-0.39, 0.29) is 5.82 Å². The van der Waals surface area contributed by atoms with E-state index in [2.05, 4.69) is 22.3 Å². The number of hydrogen-bond acceptors (Lipinski definition) is 2. The standard InChI is InChI=1S/C24H28ClFN2/c25-18-6-9-20-21(17-4-7-19(26)8-5-17)15-23(22(20)14-18)28-13-12-27-24(16-28)10-2-1-3-11-24/h4-9,14,21,23,27H,1-3,10-13,15-16H2/t21-,23+/m0/s1. The largest absolute Gasteiger partial charge is 0.309 e. The maximum absolute atomic E-state index is 13.5. The van der Waals surface area contributed by atoms with Gasteiger partial charge in [-0.2, -0.15) is 0 Å². The van der Waals surface area contributed by atoms with Crippen molar-refractivity contribution < 1.29 is 4.39 Å². The molecule has 1 heterocycles. The molecule has 2 nitrogen and oxygen atoms in total. The van der Waals surface area contributed by atoms with Crippen molar-refractivity contribution in [1.29, 1.82) is 0 Å². The SMILES string of the molecule is Fc1ccc([C@@H]2C[C@@H](N3CCNC4(CCCCC4)C3)c3cc(Cl)ccc32)cc1. The van der Waals surface area contributed by atoms with Crippen LogP contribution in [0.4, 0.5) is 4.39 Å². The Morgan fingerprint density at radius 2 is 1.79 bits per heavy atom. The summed E-state index contributed by atoms with van der Waals surface area (Å²) in [5, 5.41) is 4.67. The minimum atomic E-state index is -0.170. The minimum absolute atomic E-state index is 0.170. The number of rotatable bonds is 2. The summed E-state index contributed by atoms with van der Waals surface area (Å²) >= 11 is 6.40. The second kappa shape index (κ2) is 7.44. The van der Waals surface area contributed by atoms with E-state index < -0.39 is 0 Å². The smallest absolute Gasteiger partial charge is 0.123 e. The van der Waals surface area contributed by atoms with E-state index >= 15 is 0 Å². The van der Waals surface area contributed by atoms with Gasteiger partial charge >= 0.3 is 0 Å². The van der Waals surface area contributed by atoms with Gasteiger partial charge in [0.15, 0.2) is 0 Å². The highest BCUT2D eigenvalue weighted by molar-refractivity contribution is 6.30. The number of nitrogens with one attached hydrogen (secondary N) is 1. The molecule has 0 bridgehead atoms. The molecule has 0 radical (unpaired) electrons. The Morgan fingerprint density at radius 1 is 1.00 bits per heavy atom. The second-order valence-electron chi connectivity index (χ2n) is 8.87.